The van der Waals surface area contributed by atoms with Gasteiger partial charge >= 0.3 is 11.4 Å². The summed E-state index contributed by atoms with van der Waals surface area (Å²) in [6.45, 7) is 8.81. The van der Waals surface area contributed by atoms with Crippen LogP contribution in [0.5, 0.6) is 0 Å². The fourth-order valence-electron chi connectivity index (χ4n) is 2.43. The van der Waals surface area contributed by atoms with E-state index in [1.807, 2.05) is 31.2 Å². The third kappa shape index (κ3) is 3.91. The first-order valence-corrected chi connectivity index (χ1v) is 7.92. The van der Waals surface area contributed by atoms with Gasteiger partial charge in [0.25, 0.3) is 0 Å². The van der Waals surface area contributed by atoms with Crippen LogP contribution in [0.15, 0.2) is 33.9 Å². The van der Waals surface area contributed by atoms with Gasteiger partial charge in [0.2, 0.25) is 5.95 Å². The van der Waals surface area contributed by atoms with Gasteiger partial charge in [-0.3, -0.25) is 4.98 Å². The van der Waals surface area contributed by atoms with Crippen LogP contribution in [-0.2, 0) is 5.60 Å². The Labute approximate surface area is 140 Å². The number of aliphatic hydroxyl groups is 1. The summed E-state index contributed by atoms with van der Waals surface area (Å²) >= 11 is 0. The smallest absolute Gasteiger partial charge is 0.355 e. The third-order valence-corrected chi connectivity index (χ3v) is 3.82. The molecule has 2 aromatic rings. The van der Waals surface area contributed by atoms with Crippen molar-refractivity contribution in [1.82, 2.24) is 14.5 Å². The molecule has 0 aliphatic heterocycles. The van der Waals surface area contributed by atoms with Crippen molar-refractivity contribution in [2.45, 2.75) is 52.3 Å². The summed E-state index contributed by atoms with van der Waals surface area (Å²) in [4.78, 5) is 30.4. The van der Waals surface area contributed by atoms with E-state index in [0.717, 1.165) is 15.7 Å². The molecule has 1 aromatic heterocycles. The molecular weight excluding hydrogens is 308 g/mol. The van der Waals surface area contributed by atoms with E-state index in [0.29, 0.717) is 0 Å². The van der Waals surface area contributed by atoms with Gasteiger partial charge < -0.3 is 10.4 Å². The monoisotopic (exact) mass is 332 g/mol. The predicted molar refractivity (Wildman–Crippen MR) is 93.2 cm³/mol. The Kier molecular flexibility index (Phi) is 4.94. The van der Waals surface area contributed by atoms with Crippen LogP contribution in [0.2, 0.25) is 0 Å². The summed E-state index contributed by atoms with van der Waals surface area (Å²) in [5, 5.41) is 13.1. The minimum absolute atomic E-state index is 0.128. The van der Waals surface area contributed by atoms with E-state index < -0.39 is 17.0 Å². The van der Waals surface area contributed by atoms with Crippen molar-refractivity contribution in [3.05, 3.63) is 56.4 Å². The first-order valence-electron chi connectivity index (χ1n) is 7.92. The quantitative estimate of drug-likeness (QED) is 0.776. The Morgan fingerprint density at radius 1 is 1.25 bits per heavy atom. The number of aromatic amines is 1. The summed E-state index contributed by atoms with van der Waals surface area (Å²) in [6.07, 6.45) is 0. The van der Waals surface area contributed by atoms with E-state index in [4.69, 9.17) is 0 Å². The maximum Gasteiger partial charge on any atom is 0.355 e. The average Bonchev–Trinajstić information content (AvgIpc) is 2.45. The van der Waals surface area contributed by atoms with Gasteiger partial charge in [0, 0.05) is 6.04 Å². The number of nitrogens with zero attached hydrogens (tertiary/aromatic N) is 2. The number of hydrogen-bond acceptors (Lipinski definition) is 5. The van der Waals surface area contributed by atoms with Crippen molar-refractivity contribution in [1.29, 1.82) is 0 Å². The van der Waals surface area contributed by atoms with Gasteiger partial charge in [-0.15, -0.1) is 0 Å². The molecule has 1 atom stereocenters. The molecule has 7 nitrogen and oxygen atoms in total. The van der Waals surface area contributed by atoms with Crippen LogP contribution in [0.1, 0.15) is 57.8 Å². The molecule has 1 heterocycles. The van der Waals surface area contributed by atoms with Gasteiger partial charge in [-0.05, 0) is 45.7 Å². The molecule has 0 aliphatic carbocycles. The molecule has 7 heteroatoms. The van der Waals surface area contributed by atoms with E-state index in [1.54, 1.807) is 27.7 Å². The van der Waals surface area contributed by atoms with Crippen LogP contribution in [-0.4, -0.2) is 19.6 Å². The Morgan fingerprint density at radius 3 is 2.46 bits per heavy atom. The highest BCUT2D eigenvalue weighted by Gasteiger charge is 2.18. The topological polar surface area (TPSA) is 100 Å². The number of rotatable bonds is 5. The molecule has 24 heavy (non-hydrogen) atoms. The molecule has 0 fully saturated rings. The van der Waals surface area contributed by atoms with E-state index in [9.17, 15) is 14.7 Å². The second-order valence-electron chi connectivity index (χ2n) is 6.69. The minimum Gasteiger partial charge on any atom is -0.386 e. The molecule has 0 aliphatic rings. The normalized spacial score (nSPS) is 13.1. The largest absolute Gasteiger partial charge is 0.386 e. The Hall–Kier alpha value is -2.41. The van der Waals surface area contributed by atoms with E-state index in [1.165, 1.54) is 0 Å². The van der Waals surface area contributed by atoms with Crippen LogP contribution in [0.3, 0.4) is 0 Å². The van der Waals surface area contributed by atoms with Gasteiger partial charge in [-0.1, -0.05) is 24.3 Å². The molecule has 1 aromatic carbocycles. The Bertz CT molecular complexity index is 799. The summed E-state index contributed by atoms with van der Waals surface area (Å²) < 4.78 is 1.06. The van der Waals surface area contributed by atoms with Crippen molar-refractivity contribution >= 4 is 5.95 Å². The van der Waals surface area contributed by atoms with Gasteiger partial charge in [-0.2, -0.15) is 4.98 Å². The van der Waals surface area contributed by atoms with E-state index >= 15 is 0 Å². The molecule has 0 radical (unpaired) electrons. The lowest BCUT2D eigenvalue weighted by atomic mass is 9.95. The maximum atomic E-state index is 12.0. The summed E-state index contributed by atoms with van der Waals surface area (Å²) in [7, 11) is 0. The summed E-state index contributed by atoms with van der Waals surface area (Å²) in [5.74, 6) is 0.128. The van der Waals surface area contributed by atoms with Gasteiger partial charge in [-0.25, -0.2) is 14.2 Å². The number of benzene rings is 1. The number of aromatic nitrogens is 3. The summed E-state index contributed by atoms with van der Waals surface area (Å²) in [6, 6.07) is 7.02. The molecule has 0 saturated heterocycles. The number of hydrogen-bond donors (Lipinski definition) is 3. The Balaban J connectivity index is 2.29. The third-order valence-electron chi connectivity index (χ3n) is 3.82. The maximum absolute atomic E-state index is 12.0. The SMILES string of the molecule is CC(C)n1c(=O)nc(N[C@@H](C)c2cccc(C(C)(C)O)c2)[nH]c1=O. The zero-order chi connectivity index (χ0) is 18.1. The van der Waals surface area contributed by atoms with Gasteiger partial charge in [0.15, 0.2) is 0 Å². The van der Waals surface area contributed by atoms with Crippen LogP contribution in [0.25, 0.3) is 0 Å². The Morgan fingerprint density at radius 2 is 1.92 bits per heavy atom. The molecule has 0 saturated carbocycles. The van der Waals surface area contributed by atoms with Crippen LogP contribution < -0.4 is 16.7 Å². The lowest BCUT2D eigenvalue weighted by molar-refractivity contribution is 0.0785. The van der Waals surface area contributed by atoms with Crippen molar-refractivity contribution in [2.24, 2.45) is 0 Å². The highest BCUT2D eigenvalue weighted by molar-refractivity contribution is 5.34. The molecule has 130 valence electrons. The molecule has 0 amide bonds. The van der Waals surface area contributed by atoms with Crippen molar-refractivity contribution in [2.75, 3.05) is 5.32 Å². The lowest BCUT2D eigenvalue weighted by Gasteiger charge is -2.21. The fraction of sp³-hybridized carbons (Fsp3) is 0.471. The first kappa shape index (κ1) is 17.9. The highest BCUT2D eigenvalue weighted by Crippen LogP contribution is 2.24. The molecule has 0 spiro atoms. The second-order valence-corrected chi connectivity index (χ2v) is 6.69. The van der Waals surface area contributed by atoms with E-state index in [-0.39, 0.29) is 18.0 Å². The van der Waals surface area contributed by atoms with Crippen molar-refractivity contribution < 1.29 is 5.11 Å². The molecular formula is C17H24N4O3. The zero-order valence-electron chi connectivity index (χ0n) is 14.6. The standard InChI is InChI=1S/C17H24N4O3/c1-10(2)21-15(22)19-14(20-16(21)23)18-11(3)12-7-6-8-13(9-12)17(4,5)24/h6-11,24H,1-5H3,(H2,18,19,20,22,23)/t11-/m0/s1. The molecule has 0 bridgehead atoms. The number of H-pyrrole nitrogens is 1. The van der Waals surface area contributed by atoms with Gasteiger partial charge in [0.1, 0.15) is 0 Å². The molecule has 0 unspecified atom stereocenters. The zero-order valence-corrected chi connectivity index (χ0v) is 14.6. The second kappa shape index (κ2) is 6.60. The fourth-order valence-corrected chi connectivity index (χ4v) is 2.43. The first-order chi connectivity index (χ1) is 11.1. The van der Waals surface area contributed by atoms with Crippen LogP contribution >= 0.6 is 0 Å². The minimum atomic E-state index is -0.944. The predicted octanol–water partition coefficient (Wildman–Crippen LogP) is 1.91. The highest BCUT2D eigenvalue weighted by atomic mass is 16.3. The van der Waals surface area contributed by atoms with E-state index in [2.05, 4.69) is 15.3 Å². The number of nitrogens with one attached hydrogen (secondary N) is 2. The summed E-state index contributed by atoms with van der Waals surface area (Å²) in [5.41, 5.74) is -0.339. The van der Waals surface area contributed by atoms with Crippen LogP contribution in [0.4, 0.5) is 5.95 Å². The number of anilines is 1. The average molecular weight is 332 g/mol. The van der Waals surface area contributed by atoms with Crippen molar-refractivity contribution in [3.8, 4) is 0 Å². The lowest BCUT2D eigenvalue weighted by Crippen LogP contribution is -2.39. The molecule has 2 rings (SSSR count). The molecule has 3 N–H and O–H groups in total. The van der Waals surface area contributed by atoms with Gasteiger partial charge in [0.05, 0.1) is 11.6 Å². The van der Waals surface area contributed by atoms with Crippen LogP contribution in [0, 0.1) is 0 Å². The van der Waals surface area contributed by atoms with Crippen molar-refractivity contribution in [3.63, 3.8) is 0 Å².